The van der Waals surface area contributed by atoms with Crippen LogP contribution in [0, 0.1) is 19.7 Å². The average molecular weight is 364 g/mol. The summed E-state index contributed by atoms with van der Waals surface area (Å²) in [5.41, 5.74) is 2.19. The maximum absolute atomic E-state index is 14.1. The molecule has 25 heavy (non-hydrogen) atoms. The number of amides is 1. The van der Waals surface area contributed by atoms with Crippen molar-refractivity contribution >= 4 is 27.3 Å². The van der Waals surface area contributed by atoms with Gasteiger partial charge in [0.1, 0.15) is 11.9 Å². The molecule has 0 saturated carbocycles. The number of rotatable bonds is 5. The lowest BCUT2D eigenvalue weighted by Crippen LogP contribution is -2.45. The van der Waals surface area contributed by atoms with Crippen molar-refractivity contribution in [1.82, 2.24) is 0 Å². The van der Waals surface area contributed by atoms with E-state index in [0.717, 1.165) is 27.8 Å². The van der Waals surface area contributed by atoms with Gasteiger partial charge in [0, 0.05) is 5.69 Å². The van der Waals surface area contributed by atoms with Gasteiger partial charge in [0.25, 0.3) is 0 Å². The number of halogens is 1. The molecule has 2 aromatic rings. The molecular formula is C18H21FN2O3S. The highest BCUT2D eigenvalue weighted by molar-refractivity contribution is 7.92. The van der Waals surface area contributed by atoms with E-state index in [1.807, 2.05) is 32.0 Å². The van der Waals surface area contributed by atoms with Crippen molar-refractivity contribution in [3.63, 3.8) is 0 Å². The van der Waals surface area contributed by atoms with Gasteiger partial charge in [0.05, 0.1) is 11.9 Å². The molecule has 1 amide bonds. The summed E-state index contributed by atoms with van der Waals surface area (Å²) in [7, 11) is -3.86. The van der Waals surface area contributed by atoms with Crippen LogP contribution in [0.3, 0.4) is 0 Å². The number of carbonyl (C=O) groups is 1. The number of nitrogens with one attached hydrogen (secondary N) is 1. The first-order valence-corrected chi connectivity index (χ1v) is 9.58. The van der Waals surface area contributed by atoms with E-state index in [1.54, 1.807) is 0 Å². The van der Waals surface area contributed by atoms with E-state index < -0.39 is 27.8 Å². The van der Waals surface area contributed by atoms with Gasteiger partial charge in [0.2, 0.25) is 15.9 Å². The Balaban J connectivity index is 2.39. The molecule has 0 aliphatic heterocycles. The number of aryl methyl sites for hydroxylation is 2. The van der Waals surface area contributed by atoms with Crippen molar-refractivity contribution in [2.45, 2.75) is 26.8 Å². The third kappa shape index (κ3) is 4.17. The fourth-order valence-electron chi connectivity index (χ4n) is 2.65. The maximum Gasteiger partial charge on any atom is 0.248 e. The molecule has 0 aromatic heterocycles. The Labute approximate surface area is 147 Å². The second-order valence-electron chi connectivity index (χ2n) is 5.94. The van der Waals surface area contributed by atoms with Gasteiger partial charge < -0.3 is 5.32 Å². The highest BCUT2D eigenvalue weighted by Crippen LogP contribution is 2.25. The first kappa shape index (κ1) is 18.9. The summed E-state index contributed by atoms with van der Waals surface area (Å²) in [6.45, 7) is 5.12. The van der Waals surface area contributed by atoms with Gasteiger partial charge in [-0.25, -0.2) is 12.8 Å². The minimum Gasteiger partial charge on any atom is -0.324 e. The van der Waals surface area contributed by atoms with Crippen LogP contribution in [0.4, 0.5) is 15.8 Å². The monoisotopic (exact) mass is 364 g/mol. The molecule has 0 spiro atoms. The topological polar surface area (TPSA) is 66.5 Å². The first-order valence-electron chi connectivity index (χ1n) is 7.74. The fraction of sp³-hybridized carbons (Fsp3) is 0.278. The lowest BCUT2D eigenvalue weighted by Gasteiger charge is -2.28. The van der Waals surface area contributed by atoms with Crippen molar-refractivity contribution in [2.24, 2.45) is 0 Å². The largest absolute Gasteiger partial charge is 0.324 e. The SMILES string of the molecule is Cc1cccc(C)c1NC(=O)[C@H](C)N(c1ccccc1F)S(C)(=O)=O. The Hall–Kier alpha value is -2.41. The highest BCUT2D eigenvalue weighted by Gasteiger charge is 2.31. The zero-order valence-corrected chi connectivity index (χ0v) is 15.4. The van der Waals surface area contributed by atoms with Gasteiger partial charge >= 0.3 is 0 Å². The second kappa shape index (κ2) is 7.23. The van der Waals surface area contributed by atoms with Crippen molar-refractivity contribution in [1.29, 1.82) is 0 Å². The van der Waals surface area contributed by atoms with Crippen LogP contribution in [0.2, 0.25) is 0 Å². The van der Waals surface area contributed by atoms with E-state index in [2.05, 4.69) is 5.32 Å². The smallest absolute Gasteiger partial charge is 0.248 e. The third-order valence-electron chi connectivity index (χ3n) is 3.91. The van der Waals surface area contributed by atoms with Gasteiger partial charge in [-0.15, -0.1) is 0 Å². The molecule has 134 valence electrons. The molecule has 7 heteroatoms. The quantitative estimate of drug-likeness (QED) is 0.886. The summed E-state index contributed by atoms with van der Waals surface area (Å²) >= 11 is 0. The molecule has 1 N–H and O–H groups in total. The Kier molecular flexibility index (Phi) is 5.47. The molecule has 1 atom stereocenters. The molecule has 2 rings (SSSR count). The molecule has 0 saturated heterocycles. The van der Waals surface area contributed by atoms with Gasteiger partial charge in [-0.05, 0) is 44.0 Å². The van der Waals surface area contributed by atoms with E-state index in [4.69, 9.17) is 0 Å². The minimum absolute atomic E-state index is 0.158. The van der Waals surface area contributed by atoms with E-state index >= 15 is 0 Å². The molecule has 0 aliphatic rings. The van der Waals surface area contributed by atoms with Crippen molar-refractivity contribution in [3.05, 3.63) is 59.4 Å². The summed E-state index contributed by atoms with van der Waals surface area (Å²) in [6.07, 6.45) is 0.947. The minimum atomic E-state index is -3.86. The van der Waals surface area contributed by atoms with E-state index in [9.17, 15) is 17.6 Å². The van der Waals surface area contributed by atoms with Crippen LogP contribution in [-0.4, -0.2) is 26.6 Å². The normalized spacial score (nSPS) is 12.5. The van der Waals surface area contributed by atoms with Crippen molar-refractivity contribution < 1.29 is 17.6 Å². The number of hydrogen-bond donors (Lipinski definition) is 1. The summed E-state index contributed by atoms with van der Waals surface area (Å²) in [5, 5.41) is 2.75. The highest BCUT2D eigenvalue weighted by atomic mass is 32.2. The van der Waals surface area contributed by atoms with Crippen LogP contribution in [0.25, 0.3) is 0 Å². The number of carbonyl (C=O) groups excluding carboxylic acids is 1. The van der Waals surface area contributed by atoms with Crippen molar-refractivity contribution in [3.8, 4) is 0 Å². The van der Waals surface area contributed by atoms with Crippen LogP contribution in [0.1, 0.15) is 18.1 Å². The molecule has 0 radical (unpaired) electrons. The molecule has 2 aromatic carbocycles. The number of hydrogen-bond acceptors (Lipinski definition) is 3. The predicted molar refractivity (Wildman–Crippen MR) is 97.7 cm³/mol. The van der Waals surface area contributed by atoms with Gasteiger partial charge in [-0.1, -0.05) is 30.3 Å². The predicted octanol–water partition coefficient (Wildman–Crippen LogP) is 3.24. The number of anilines is 2. The summed E-state index contributed by atoms with van der Waals surface area (Å²) in [5.74, 6) is -1.24. The van der Waals surface area contributed by atoms with Crippen LogP contribution in [0.5, 0.6) is 0 Å². The Morgan fingerprint density at radius 3 is 2.16 bits per heavy atom. The van der Waals surface area contributed by atoms with Crippen LogP contribution < -0.4 is 9.62 Å². The Morgan fingerprint density at radius 1 is 1.08 bits per heavy atom. The second-order valence-corrected chi connectivity index (χ2v) is 7.80. The van der Waals surface area contributed by atoms with Crippen LogP contribution in [-0.2, 0) is 14.8 Å². The molecule has 0 heterocycles. The van der Waals surface area contributed by atoms with Gasteiger partial charge in [-0.2, -0.15) is 0 Å². The molecule has 0 unspecified atom stereocenters. The lowest BCUT2D eigenvalue weighted by molar-refractivity contribution is -0.116. The molecule has 0 fully saturated rings. The number of sulfonamides is 1. The summed E-state index contributed by atoms with van der Waals surface area (Å²) in [4.78, 5) is 12.6. The van der Waals surface area contributed by atoms with Gasteiger partial charge in [-0.3, -0.25) is 9.10 Å². The lowest BCUT2D eigenvalue weighted by atomic mass is 10.1. The fourth-order valence-corrected chi connectivity index (χ4v) is 3.83. The molecule has 0 aliphatic carbocycles. The zero-order valence-electron chi connectivity index (χ0n) is 14.6. The zero-order chi connectivity index (χ0) is 18.8. The van der Waals surface area contributed by atoms with E-state index in [0.29, 0.717) is 5.69 Å². The maximum atomic E-state index is 14.1. The van der Waals surface area contributed by atoms with E-state index in [-0.39, 0.29) is 5.69 Å². The molecule has 5 nitrogen and oxygen atoms in total. The Morgan fingerprint density at radius 2 is 1.64 bits per heavy atom. The number of benzene rings is 2. The summed E-state index contributed by atoms with van der Waals surface area (Å²) in [6, 6.07) is 9.91. The van der Waals surface area contributed by atoms with Crippen LogP contribution >= 0.6 is 0 Å². The number of para-hydroxylation sites is 2. The number of nitrogens with zero attached hydrogens (tertiary/aromatic N) is 1. The third-order valence-corrected chi connectivity index (χ3v) is 5.14. The molecular weight excluding hydrogens is 343 g/mol. The Bertz CT molecular complexity index is 877. The first-order chi connectivity index (χ1) is 11.6. The van der Waals surface area contributed by atoms with Gasteiger partial charge in [0.15, 0.2) is 0 Å². The average Bonchev–Trinajstić information content (AvgIpc) is 2.51. The van der Waals surface area contributed by atoms with Crippen LogP contribution in [0.15, 0.2) is 42.5 Å². The standard InChI is InChI=1S/C18H21FN2O3S/c1-12-8-7-9-13(2)17(12)20-18(22)14(3)21(25(4,23)24)16-11-6-5-10-15(16)19/h5-11,14H,1-4H3,(H,20,22)/t14-/m0/s1. The van der Waals surface area contributed by atoms with Crippen molar-refractivity contribution in [2.75, 3.05) is 15.9 Å². The van der Waals surface area contributed by atoms with E-state index in [1.165, 1.54) is 25.1 Å². The summed E-state index contributed by atoms with van der Waals surface area (Å²) < 4.78 is 39.3. The molecule has 0 bridgehead atoms.